The van der Waals surface area contributed by atoms with Crippen LogP contribution in [-0.2, 0) is 9.47 Å². The van der Waals surface area contributed by atoms with Gasteiger partial charge in [-0.15, -0.1) is 0 Å². The standard InChI is InChI=1S/C20H33N3O4/c1-16(27-19-7-5-6-18(12-19)25-4)13-22-20(21-2)23-9-8-17(14-23)15-26-11-10-24-3/h5-7,12,16-17H,8-11,13-15H2,1-4H3,(H,21,22). The number of nitrogens with zero attached hydrogens (tertiary/aromatic N) is 2. The maximum atomic E-state index is 5.96. The molecule has 1 N–H and O–H groups in total. The molecule has 7 heteroatoms. The lowest BCUT2D eigenvalue weighted by Gasteiger charge is -2.24. The van der Waals surface area contributed by atoms with E-state index in [0.29, 0.717) is 25.7 Å². The number of rotatable bonds is 10. The molecule has 1 fully saturated rings. The molecule has 1 aromatic carbocycles. The van der Waals surface area contributed by atoms with Crippen molar-refractivity contribution in [1.82, 2.24) is 10.2 Å². The van der Waals surface area contributed by atoms with Gasteiger partial charge in [-0.1, -0.05) is 6.07 Å². The lowest BCUT2D eigenvalue weighted by molar-refractivity contribution is 0.0536. The van der Waals surface area contributed by atoms with Gasteiger partial charge in [-0.3, -0.25) is 4.99 Å². The first-order valence-corrected chi connectivity index (χ1v) is 9.49. The molecule has 0 bridgehead atoms. The summed E-state index contributed by atoms with van der Waals surface area (Å²) in [4.78, 5) is 6.70. The molecule has 7 nitrogen and oxygen atoms in total. The molecule has 0 saturated carbocycles. The van der Waals surface area contributed by atoms with E-state index in [1.165, 1.54) is 0 Å². The molecule has 152 valence electrons. The fourth-order valence-corrected chi connectivity index (χ4v) is 3.07. The van der Waals surface area contributed by atoms with E-state index in [2.05, 4.69) is 15.2 Å². The molecular formula is C20H33N3O4. The van der Waals surface area contributed by atoms with Crippen molar-refractivity contribution in [3.05, 3.63) is 24.3 Å². The SMILES string of the molecule is CN=C(NCC(C)Oc1cccc(OC)c1)N1CCC(COCCOC)C1. The van der Waals surface area contributed by atoms with Crippen LogP contribution < -0.4 is 14.8 Å². The zero-order valence-electron chi connectivity index (χ0n) is 16.9. The van der Waals surface area contributed by atoms with E-state index in [1.807, 2.05) is 38.2 Å². The first-order valence-electron chi connectivity index (χ1n) is 9.49. The Morgan fingerprint density at radius 1 is 1.30 bits per heavy atom. The van der Waals surface area contributed by atoms with Crippen molar-refractivity contribution in [1.29, 1.82) is 0 Å². The summed E-state index contributed by atoms with van der Waals surface area (Å²) in [6, 6.07) is 7.65. The van der Waals surface area contributed by atoms with Gasteiger partial charge in [0.1, 0.15) is 17.6 Å². The number of ether oxygens (including phenoxy) is 4. The topological polar surface area (TPSA) is 64.6 Å². The third-order valence-electron chi connectivity index (χ3n) is 4.51. The van der Waals surface area contributed by atoms with Gasteiger partial charge in [0.15, 0.2) is 5.96 Å². The maximum absolute atomic E-state index is 5.96. The summed E-state index contributed by atoms with van der Waals surface area (Å²) in [5.74, 6) is 3.04. The zero-order valence-corrected chi connectivity index (χ0v) is 16.9. The van der Waals surface area contributed by atoms with Gasteiger partial charge < -0.3 is 29.2 Å². The van der Waals surface area contributed by atoms with Crippen LogP contribution in [0.25, 0.3) is 0 Å². The van der Waals surface area contributed by atoms with Gasteiger partial charge in [0.25, 0.3) is 0 Å². The van der Waals surface area contributed by atoms with Crippen LogP contribution in [0.15, 0.2) is 29.3 Å². The fourth-order valence-electron chi connectivity index (χ4n) is 3.07. The molecule has 0 radical (unpaired) electrons. The Kier molecular flexibility index (Phi) is 9.21. The van der Waals surface area contributed by atoms with E-state index in [9.17, 15) is 0 Å². The zero-order chi connectivity index (χ0) is 19.5. The van der Waals surface area contributed by atoms with Crippen molar-refractivity contribution >= 4 is 5.96 Å². The van der Waals surface area contributed by atoms with Crippen LogP contribution in [0.3, 0.4) is 0 Å². The van der Waals surface area contributed by atoms with Crippen LogP contribution in [0.2, 0.25) is 0 Å². The number of guanidine groups is 1. The lowest BCUT2D eigenvalue weighted by Crippen LogP contribution is -2.43. The summed E-state index contributed by atoms with van der Waals surface area (Å²) >= 11 is 0. The van der Waals surface area contributed by atoms with E-state index in [0.717, 1.165) is 43.6 Å². The molecule has 27 heavy (non-hydrogen) atoms. The molecule has 2 unspecified atom stereocenters. The fraction of sp³-hybridized carbons (Fsp3) is 0.650. The molecule has 1 heterocycles. The molecule has 1 aliphatic rings. The second-order valence-corrected chi connectivity index (χ2v) is 6.70. The van der Waals surface area contributed by atoms with Crippen LogP contribution in [0.1, 0.15) is 13.3 Å². The van der Waals surface area contributed by atoms with Crippen molar-refractivity contribution in [2.24, 2.45) is 10.9 Å². The van der Waals surface area contributed by atoms with Crippen molar-refractivity contribution in [3.8, 4) is 11.5 Å². The average molecular weight is 380 g/mol. The van der Waals surface area contributed by atoms with Crippen LogP contribution in [0.5, 0.6) is 11.5 Å². The molecule has 0 aliphatic carbocycles. The van der Waals surface area contributed by atoms with E-state index in [4.69, 9.17) is 18.9 Å². The highest BCUT2D eigenvalue weighted by molar-refractivity contribution is 5.80. The number of likely N-dealkylation sites (tertiary alicyclic amines) is 1. The first kappa shape index (κ1) is 21.3. The van der Waals surface area contributed by atoms with Gasteiger partial charge in [0, 0.05) is 39.2 Å². The summed E-state index contributed by atoms with van der Waals surface area (Å²) < 4.78 is 21.9. The summed E-state index contributed by atoms with van der Waals surface area (Å²) in [6.45, 7) is 6.72. The molecule has 1 aromatic rings. The monoisotopic (exact) mass is 379 g/mol. The predicted molar refractivity (Wildman–Crippen MR) is 107 cm³/mol. The minimum atomic E-state index is 0.00429. The highest BCUT2D eigenvalue weighted by Gasteiger charge is 2.25. The van der Waals surface area contributed by atoms with E-state index >= 15 is 0 Å². The summed E-state index contributed by atoms with van der Waals surface area (Å²) in [7, 11) is 5.16. The third kappa shape index (κ3) is 7.27. The van der Waals surface area contributed by atoms with Gasteiger partial charge in [-0.25, -0.2) is 0 Å². The van der Waals surface area contributed by atoms with Crippen molar-refractivity contribution in [2.75, 3.05) is 60.7 Å². The van der Waals surface area contributed by atoms with Crippen LogP contribution >= 0.6 is 0 Å². The largest absolute Gasteiger partial charge is 0.497 e. The number of hydrogen-bond acceptors (Lipinski definition) is 5. The van der Waals surface area contributed by atoms with Gasteiger partial charge in [-0.05, 0) is 25.5 Å². The quantitative estimate of drug-likeness (QED) is 0.381. The number of hydrogen-bond donors (Lipinski definition) is 1. The smallest absolute Gasteiger partial charge is 0.193 e. The normalized spacial score (nSPS) is 18.4. The van der Waals surface area contributed by atoms with Crippen molar-refractivity contribution in [3.63, 3.8) is 0 Å². The first-order chi connectivity index (χ1) is 13.2. The molecule has 0 spiro atoms. The lowest BCUT2D eigenvalue weighted by atomic mass is 10.1. The van der Waals surface area contributed by atoms with Gasteiger partial charge in [0.2, 0.25) is 0 Å². The molecule has 1 aliphatic heterocycles. The number of nitrogens with one attached hydrogen (secondary N) is 1. The van der Waals surface area contributed by atoms with E-state index < -0.39 is 0 Å². The Hall–Kier alpha value is -1.99. The number of aliphatic imine (C=N–C) groups is 1. The highest BCUT2D eigenvalue weighted by Crippen LogP contribution is 2.20. The Labute approximate surface area is 162 Å². The molecule has 2 atom stereocenters. The van der Waals surface area contributed by atoms with Crippen molar-refractivity contribution in [2.45, 2.75) is 19.4 Å². The Balaban J connectivity index is 1.73. The summed E-state index contributed by atoms with van der Waals surface area (Å²) in [5, 5.41) is 3.42. The second-order valence-electron chi connectivity index (χ2n) is 6.70. The van der Waals surface area contributed by atoms with Crippen LogP contribution in [0.4, 0.5) is 0 Å². The third-order valence-corrected chi connectivity index (χ3v) is 4.51. The van der Waals surface area contributed by atoms with Gasteiger partial charge in [-0.2, -0.15) is 0 Å². The number of methoxy groups -OCH3 is 2. The van der Waals surface area contributed by atoms with Crippen molar-refractivity contribution < 1.29 is 18.9 Å². The number of benzene rings is 1. The van der Waals surface area contributed by atoms with Gasteiger partial charge in [0.05, 0.1) is 33.5 Å². The Morgan fingerprint density at radius 2 is 2.11 bits per heavy atom. The minimum Gasteiger partial charge on any atom is -0.497 e. The summed E-state index contributed by atoms with van der Waals surface area (Å²) in [5.41, 5.74) is 0. The Morgan fingerprint density at radius 3 is 2.85 bits per heavy atom. The van der Waals surface area contributed by atoms with E-state index in [-0.39, 0.29) is 6.10 Å². The van der Waals surface area contributed by atoms with Crippen LogP contribution in [-0.4, -0.2) is 77.7 Å². The average Bonchev–Trinajstić information content (AvgIpc) is 3.14. The van der Waals surface area contributed by atoms with Gasteiger partial charge >= 0.3 is 0 Å². The minimum absolute atomic E-state index is 0.00429. The molecular weight excluding hydrogens is 346 g/mol. The van der Waals surface area contributed by atoms with E-state index in [1.54, 1.807) is 14.2 Å². The molecule has 0 aromatic heterocycles. The summed E-state index contributed by atoms with van der Waals surface area (Å²) in [6.07, 6.45) is 1.12. The molecule has 1 saturated heterocycles. The molecule has 2 rings (SSSR count). The molecule has 0 amide bonds. The van der Waals surface area contributed by atoms with Crippen LogP contribution in [0, 0.1) is 5.92 Å². The predicted octanol–water partition coefficient (Wildman–Crippen LogP) is 2.02. The Bertz CT molecular complexity index is 582. The maximum Gasteiger partial charge on any atom is 0.193 e. The highest BCUT2D eigenvalue weighted by atomic mass is 16.5. The second kappa shape index (κ2) is 11.7.